The Morgan fingerprint density at radius 3 is 2.44 bits per heavy atom. The topological polar surface area (TPSA) is 192 Å². The van der Waals surface area contributed by atoms with Crippen LogP contribution in [0.3, 0.4) is 0 Å². The van der Waals surface area contributed by atoms with Crippen LogP contribution < -0.4 is 10.1 Å². The van der Waals surface area contributed by atoms with Crippen molar-refractivity contribution in [1.82, 2.24) is 0 Å². The summed E-state index contributed by atoms with van der Waals surface area (Å²) in [7, 11) is 1.58. The first-order chi connectivity index (χ1) is 32.7. The van der Waals surface area contributed by atoms with Crippen LogP contribution >= 0.6 is 0 Å². The van der Waals surface area contributed by atoms with Gasteiger partial charge in [-0.3, -0.25) is 9.59 Å². The molecule has 68 heavy (non-hydrogen) atoms. The summed E-state index contributed by atoms with van der Waals surface area (Å²) in [5.74, 6) is 3.73. The summed E-state index contributed by atoms with van der Waals surface area (Å²) in [6.07, 6.45) is 6.35. The van der Waals surface area contributed by atoms with Gasteiger partial charge >= 0.3 is 11.9 Å². The van der Waals surface area contributed by atoms with Gasteiger partial charge in [-0.2, -0.15) is 0 Å². The first-order valence-electron chi connectivity index (χ1n) is 24.9. The van der Waals surface area contributed by atoms with E-state index in [0.29, 0.717) is 78.0 Å². The van der Waals surface area contributed by atoms with E-state index in [2.05, 4.69) is 17.2 Å². The average molecular weight is 932 g/mol. The maximum absolute atomic E-state index is 15.3. The van der Waals surface area contributed by atoms with E-state index in [1.54, 1.807) is 20.1 Å². The third kappa shape index (κ3) is 11.2. The summed E-state index contributed by atoms with van der Waals surface area (Å²) in [5.41, 5.74) is 2.58. The first-order valence-corrected chi connectivity index (χ1v) is 24.9. The molecule has 364 valence electrons. The van der Waals surface area contributed by atoms with Crippen molar-refractivity contribution in [2.75, 3.05) is 25.6 Å². The summed E-state index contributed by atoms with van der Waals surface area (Å²) in [6, 6.07) is 15.1. The number of hydrogen-bond donors (Lipinski definition) is 6. The lowest BCUT2D eigenvalue weighted by molar-refractivity contribution is -0.176. The van der Waals surface area contributed by atoms with Crippen LogP contribution in [0.25, 0.3) is 0 Å². The molecule has 6 N–H and O–H groups in total. The zero-order chi connectivity index (χ0) is 48.2. The summed E-state index contributed by atoms with van der Waals surface area (Å²) in [5, 5.41) is 62.8. The molecule has 8 unspecified atom stereocenters. The number of ketones is 1. The monoisotopic (exact) mass is 931 g/mol. The SMILES string of the molecule is CCCC1(O)C2CCC(=O)C(Cc3cccc(c3)CC(O)C=C3CC(c4cc(CO)cc(NCC(C)(O)CCOC)c4)C#CC4CC(=O)Oc5c4cc(c(O)c5C4CCCCC4)CC1OC3=O)C2. The Labute approximate surface area is 400 Å². The fourth-order valence-corrected chi connectivity index (χ4v) is 11.5. The number of anilines is 1. The second-order valence-electron chi connectivity index (χ2n) is 20.5. The molecule has 5 aliphatic rings. The van der Waals surface area contributed by atoms with Crippen LogP contribution in [0.1, 0.15) is 154 Å². The number of carbonyl (C=O) groups is 3. The molecule has 3 aromatic rings. The Bertz CT molecular complexity index is 2440. The number of hydrogen-bond acceptors (Lipinski definition) is 12. The highest BCUT2D eigenvalue weighted by Crippen LogP contribution is 2.51. The molecule has 0 aromatic heterocycles. The number of benzene rings is 3. The Morgan fingerprint density at radius 2 is 1.69 bits per heavy atom. The van der Waals surface area contributed by atoms with Crippen LogP contribution in [0.15, 0.2) is 60.2 Å². The zero-order valence-electron chi connectivity index (χ0n) is 39.9. The van der Waals surface area contributed by atoms with Crippen LogP contribution in [-0.2, 0) is 49.7 Å². The van der Waals surface area contributed by atoms with Crippen molar-refractivity contribution in [3.05, 3.63) is 99.1 Å². The number of aliphatic hydroxyl groups is 4. The number of aliphatic hydroxyl groups excluding tert-OH is 2. The second kappa shape index (κ2) is 21.3. The van der Waals surface area contributed by atoms with Gasteiger partial charge in [0.05, 0.1) is 30.7 Å². The van der Waals surface area contributed by atoms with Gasteiger partial charge in [0.1, 0.15) is 29.0 Å². The summed E-state index contributed by atoms with van der Waals surface area (Å²) in [6.45, 7) is 3.90. The Kier molecular flexibility index (Phi) is 15.5. The van der Waals surface area contributed by atoms with E-state index in [1.807, 2.05) is 49.4 Å². The highest BCUT2D eigenvalue weighted by atomic mass is 16.6. The van der Waals surface area contributed by atoms with E-state index in [1.165, 1.54) is 6.08 Å². The Morgan fingerprint density at radius 1 is 0.926 bits per heavy atom. The highest BCUT2D eigenvalue weighted by Gasteiger charge is 2.49. The molecular weight excluding hydrogens is 863 g/mol. The molecular formula is C56H69NO11. The van der Waals surface area contributed by atoms with E-state index in [9.17, 15) is 35.1 Å². The molecule has 3 aromatic carbocycles. The first kappa shape index (κ1) is 49.4. The fourth-order valence-electron chi connectivity index (χ4n) is 11.5. The number of methoxy groups -OCH3 is 1. The molecule has 8 rings (SSSR count). The highest BCUT2D eigenvalue weighted by molar-refractivity contribution is 5.89. The molecule has 3 aliphatic heterocycles. The molecule has 8 atom stereocenters. The van der Waals surface area contributed by atoms with E-state index in [4.69, 9.17) is 14.2 Å². The van der Waals surface area contributed by atoms with Gasteiger partial charge in [-0.15, -0.1) is 0 Å². The molecule has 0 radical (unpaired) electrons. The van der Waals surface area contributed by atoms with E-state index >= 15 is 4.79 Å². The minimum Gasteiger partial charge on any atom is -0.507 e. The van der Waals surface area contributed by atoms with Crippen LogP contribution in [-0.4, -0.2) is 86.9 Å². The number of phenolic OH excluding ortho intramolecular Hbond substituents is 1. The molecule has 12 heteroatoms. The van der Waals surface area contributed by atoms with Gasteiger partial charge in [0.2, 0.25) is 0 Å². The van der Waals surface area contributed by atoms with Gasteiger partial charge < -0.3 is 45.1 Å². The minimum absolute atomic E-state index is 0.0418. The van der Waals surface area contributed by atoms with Crippen LogP contribution in [0.5, 0.6) is 11.5 Å². The molecule has 8 bridgehead atoms. The Balaban J connectivity index is 1.34. The average Bonchev–Trinajstić information content (AvgIpc) is 3.32. The molecule has 0 amide bonds. The summed E-state index contributed by atoms with van der Waals surface area (Å²) < 4.78 is 18.0. The van der Waals surface area contributed by atoms with Gasteiger partial charge in [0, 0.05) is 80.2 Å². The lowest BCUT2D eigenvalue weighted by atomic mass is 9.66. The normalized spacial score (nSPS) is 27.6. The predicted octanol–water partition coefficient (Wildman–Crippen LogP) is 7.77. The maximum Gasteiger partial charge on any atom is 0.334 e. The number of esters is 2. The molecule has 2 saturated carbocycles. The van der Waals surface area contributed by atoms with Crippen molar-refractivity contribution in [3.8, 4) is 23.3 Å². The molecule has 3 heterocycles. The zero-order valence-corrected chi connectivity index (χ0v) is 39.9. The quantitative estimate of drug-likeness (QED) is 0.0623. The number of carbonyl (C=O) groups excluding carboxylic acids is 3. The number of fused-ring (bicyclic) bond motifs is 8. The van der Waals surface area contributed by atoms with Gasteiger partial charge in [-0.1, -0.05) is 74.8 Å². The Hall–Kier alpha value is -5.03. The third-order valence-electron chi connectivity index (χ3n) is 15.3. The van der Waals surface area contributed by atoms with E-state index in [-0.39, 0.29) is 80.6 Å². The standard InChI is InChI=1S/C56H69NO11/c1-4-17-56(65)44-15-16-48(60)41(26-44)21-34-9-8-10-35(20-34)24-46(59)28-43-25-38(40-22-36(32-58)23-45(27-40)57-33-55(2,64)18-19-66-3)13-14-39-31-50(61)68-53-47(39)29-42(30-49(56)67-54(43)63)52(62)51(53)37-11-6-5-7-12-37/h8-10,20,22-23,27-29,37-39,41,44,46,49,57-59,62,64-65H,4-7,11-12,15-19,21,24-26,30-33H2,1-3H3. The van der Waals surface area contributed by atoms with Crippen molar-refractivity contribution in [2.45, 2.75) is 164 Å². The largest absolute Gasteiger partial charge is 0.507 e. The van der Waals surface area contributed by atoms with Crippen molar-refractivity contribution in [1.29, 1.82) is 0 Å². The molecule has 12 nitrogen and oxygen atoms in total. The van der Waals surface area contributed by atoms with E-state index in [0.717, 1.165) is 43.2 Å². The predicted molar refractivity (Wildman–Crippen MR) is 257 cm³/mol. The van der Waals surface area contributed by atoms with Crippen molar-refractivity contribution in [2.24, 2.45) is 11.8 Å². The smallest absolute Gasteiger partial charge is 0.334 e. The van der Waals surface area contributed by atoms with E-state index < -0.39 is 53.1 Å². The van der Waals surface area contributed by atoms with Crippen molar-refractivity contribution < 1.29 is 54.1 Å². The summed E-state index contributed by atoms with van der Waals surface area (Å²) in [4.78, 5) is 42.6. The van der Waals surface area contributed by atoms with Crippen molar-refractivity contribution >= 4 is 23.4 Å². The number of ether oxygens (including phenoxy) is 3. The number of nitrogens with one attached hydrogen (secondary N) is 1. The molecule has 2 aliphatic carbocycles. The number of aromatic hydroxyl groups is 1. The number of Topliss-reactive ketones (excluding diaryl/α,β-unsaturated/α-hetero) is 1. The maximum atomic E-state index is 15.3. The van der Waals surface area contributed by atoms with Crippen LogP contribution in [0.2, 0.25) is 0 Å². The van der Waals surface area contributed by atoms with Crippen LogP contribution in [0.4, 0.5) is 5.69 Å². The number of rotatable bonds is 11. The van der Waals surface area contributed by atoms with Gasteiger partial charge in [-0.25, -0.2) is 4.79 Å². The molecule has 0 saturated heterocycles. The molecule has 2 fully saturated rings. The lowest BCUT2D eigenvalue weighted by Gasteiger charge is -2.45. The van der Waals surface area contributed by atoms with Gasteiger partial charge in [0.15, 0.2) is 0 Å². The lowest BCUT2D eigenvalue weighted by Crippen LogP contribution is -2.54. The second-order valence-corrected chi connectivity index (χ2v) is 20.5. The third-order valence-corrected chi connectivity index (χ3v) is 15.3. The van der Waals surface area contributed by atoms with Crippen LogP contribution in [0, 0.1) is 23.7 Å². The number of phenols is 1. The van der Waals surface area contributed by atoms with Gasteiger partial charge in [-0.05, 0) is 116 Å². The minimum atomic E-state index is -1.63. The molecule has 0 spiro atoms. The summed E-state index contributed by atoms with van der Waals surface area (Å²) >= 11 is 0. The fraction of sp³-hybridized carbons (Fsp3) is 0.554. The van der Waals surface area contributed by atoms with Gasteiger partial charge in [0.25, 0.3) is 0 Å². The van der Waals surface area contributed by atoms with Crippen molar-refractivity contribution in [3.63, 3.8) is 0 Å².